The van der Waals surface area contributed by atoms with Crippen LogP contribution in [0.25, 0.3) is 0 Å². The topological polar surface area (TPSA) is 53.9 Å². The minimum atomic E-state index is 0.259. The molecule has 5 nitrogen and oxygen atoms in total. The molecule has 1 aromatic heterocycles. The van der Waals surface area contributed by atoms with Gasteiger partial charge in [-0.2, -0.15) is 26.7 Å². The number of aromatic nitrogens is 3. The molecule has 2 rings (SSSR count). The van der Waals surface area contributed by atoms with Gasteiger partial charge in [0.2, 0.25) is 17.2 Å². The van der Waals surface area contributed by atoms with Crippen LogP contribution in [-0.4, -0.2) is 45.6 Å². The standard InChI is InChI=1S/C12H20ClN5S/c1-3-5-14-11-15-10(13)16-12(17-11)18-6-7-19-9(4-2)8-18/h9H,3-8H2,1-2H3,(H,14,15,16,17). The minimum absolute atomic E-state index is 0.259. The fraction of sp³-hybridized carbons (Fsp3) is 0.750. The molecule has 0 amide bonds. The van der Waals surface area contributed by atoms with Gasteiger partial charge >= 0.3 is 0 Å². The van der Waals surface area contributed by atoms with Crippen LogP contribution >= 0.6 is 23.4 Å². The molecule has 1 N–H and O–H groups in total. The molecule has 1 aromatic rings. The van der Waals surface area contributed by atoms with Crippen molar-refractivity contribution in [3.05, 3.63) is 5.28 Å². The van der Waals surface area contributed by atoms with Gasteiger partial charge < -0.3 is 10.2 Å². The van der Waals surface area contributed by atoms with E-state index >= 15 is 0 Å². The van der Waals surface area contributed by atoms with Crippen molar-refractivity contribution in [1.82, 2.24) is 15.0 Å². The van der Waals surface area contributed by atoms with E-state index in [1.165, 1.54) is 6.42 Å². The zero-order chi connectivity index (χ0) is 13.7. The summed E-state index contributed by atoms with van der Waals surface area (Å²) in [6.45, 7) is 7.11. The second kappa shape index (κ2) is 7.14. The van der Waals surface area contributed by atoms with E-state index in [1.54, 1.807) is 0 Å². The van der Waals surface area contributed by atoms with Gasteiger partial charge in [0.1, 0.15) is 0 Å². The van der Waals surface area contributed by atoms with E-state index in [-0.39, 0.29) is 5.28 Å². The number of nitrogens with one attached hydrogen (secondary N) is 1. The first kappa shape index (κ1) is 14.7. The van der Waals surface area contributed by atoms with Gasteiger partial charge in [0.15, 0.2) is 0 Å². The van der Waals surface area contributed by atoms with Gasteiger partial charge in [-0.1, -0.05) is 13.8 Å². The average Bonchev–Trinajstić information content (AvgIpc) is 2.44. The predicted octanol–water partition coefficient (Wildman–Crippen LogP) is 2.68. The average molecular weight is 302 g/mol. The first-order valence-electron chi connectivity index (χ1n) is 6.75. The van der Waals surface area contributed by atoms with Crippen LogP contribution in [0.4, 0.5) is 11.9 Å². The molecule has 7 heteroatoms. The predicted molar refractivity (Wildman–Crippen MR) is 82.4 cm³/mol. The van der Waals surface area contributed by atoms with Crippen LogP contribution in [0.3, 0.4) is 0 Å². The molecule has 1 saturated heterocycles. The van der Waals surface area contributed by atoms with E-state index in [0.29, 0.717) is 17.1 Å². The lowest BCUT2D eigenvalue weighted by atomic mass is 10.3. The molecule has 0 saturated carbocycles. The fourth-order valence-electron chi connectivity index (χ4n) is 1.94. The van der Waals surface area contributed by atoms with Gasteiger partial charge in [-0.15, -0.1) is 0 Å². The van der Waals surface area contributed by atoms with Gasteiger partial charge in [-0.25, -0.2) is 0 Å². The lowest BCUT2D eigenvalue weighted by Crippen LogP contribution is -2.38. The van der Waals surface area contributed by atoms with Crippen molar-refractivity contribution in [2.75, 3.05) is 35.6 Å². The summed E-state index contributed by atoms with van der Waals surface area (Å²) in [5.41, 5.74) is 0. The van der Waals surface area contributed by atoms with Gasteiger partial charge in [0.05, 0.1) is 0 Å². The monoisotopic (exact) mass is 301 g/mol. The lowest BCUT2D eigenvalue weighted by molar-refractivity contribution is 0.707. The first-order chi connectivity index (χ1) is 9.22. The summed E-state index contributed by atoms with van der Waals surface area (Å²) < 4.78 is 0. The molecular weight excluding hydrogens is 282 g/mol. The summed E-state index contributed by atoms with van der Waals surface area (Å²) in [6.07, 6.45) is 2.19. The van der Waals surface area contributed by atoms with Crippen molar-refractivity contribution in [3.63, 3.8) is 0 Å². The quantitative estimate of drug-likeness (QED) is 0.902. The Morgan fingerprint density at radius 3 is 2.95 bits per heavy atom. The summed E-state index contributed by atoms with van der Waals surface area (Å²) in [7, 11) is 0. The highest BCUT2D eigenvalue weighted by Gasteiger charge is 2.21. The Morgan fingerprint density at radius 1 is 1.37 bits per heavy atom. The van der Waals surface area contributed by atoms with E-state index in [2.05, 4.69) is 39.0 Å². The Bertz CT molecular complexity index is 417. The maximum absolute atomic E-state index is 5.98. The van der Waals surface area contributed by atoms with Crippen molar-refractivity contribution >= 4 is 35.3 Å². The summed E-state index contributed by atoms with van der Waals surface area (Å²) in [5, 5.41) is 4.07. The van der Waals surface area contributed by atoms with Crippen molar-refractivity contribution in [2.45, 2.75) is 31.9 Å². The lowest BCUT2D eigenvalue weighted by Gasteiger charge is -2.31. The SMILES string of the molecule is CCCNc1nc(Cl)nc(N2CCSC(CC)C2)n1. The first-order valence-corrected chi connectivity index (χ1v) is 8.17. The van der Waals surface area contributed by atoms with Gasteiger partial charge in [-0.3, -0.25) is 0 Å². The number of hydrogen-bond donors (Lipinski definition) is 1. The van der Waals surface area contributed by atoms with Crippen LogP contribution in [0.15, 0.2) is 0 Å². The fourth-order valence-corrected chi connectivity index (χ4v) is 3.28. The van der Waals surface area contributed by atoms with Crippen LogP contribution in [0.2, 0.25) is 5.28 Å². The maximum atomic E-state index is 5.98. The highest BCUT2D eigenvalue weighted by atomic mass is 35.5. The van der Waals surface area contributed by atoms with Gasteiger partial charge in [0.25, 0.3) is 0 Å². The highest BCUT2D eigenvalue weighted by Crippen LogP contribution is 2.24. The summed E-state index contributed by atoms with van der Waals surface area (Å²) in [4.78, 5) is 15.0. The second-order valence-corrected chi connectivity index (χ2v) is 6.25. The molecule has 2 heterocycles. The summed E-state index contributed by atoms with van der Waals surface area (Å²) >= 11 is 8.01. The Morgan fingerprint density at radius 2 is 2.21 bits per heavy atom. The molecule has 1 atom stereocenters. The van der Waals surface area contributed by atoms with Crippen LogP contribution < -0.4 is 10.2 Å². The third kappa shape index (κ3) is 4.11. The molecular formula is C12H20ClN5S. The minimum Gasteiger partial charge on any atom is -0.354 e. The molecule has 1 fully saturated rings. The zero-order valence-electron chi connectivity index (χ0n) is 11.4. The van der Waals surface area contributed by atoms with Crippen molar-refractivity contribution in [3.8, 4) is 0 Å². The Labute approximate surface area is 123 Å². The molecule has 0 bridgehead atoms. The smallest absolute Gasteiger partial charge is 0.231 e. The van der Waals surface area contributed by atoms with Crippen LogP contribution in [0.1, 0.15) is 26.7 Å². The van der Waals surface area contributed by atoms with E-state index in [1.807, 2.05) is 11.8 Å². The Kier molecular flexibility index (Phi) is 5.51. The maximum Gasteiger partial charge on any atom is 0.231 e. The number of thioether (sulfide) groups is 1. The molecule has 106 valence electrons. The van der Waals surface area contributed by atoms with Gasteiger partial charge in [-0.05, 0) is 24.4 Å². The van der Waals surface area contributed by atoms with Gasteiger partial charge in [0, 0.05) is 30.6 Å². The number of hydrogen-bond acceptors (Lipinski definition) is 6. The van der Waals surface area contributed by atoms with Crippen LogP contribution in [-0.2, 0) is 0 Å². The molecule has 19 heavy (non-hydrogen) atoms. The molecule has 1 unspecified atom stereocenters. The third-order valence-corrected chi connectivity index (χ3v) is 4.55. The van der Waals surface area contributed by atoms with Crippen LogP contribution in [0, 0.1) is 0 Å². The van der Waals surface area contributed by atoms with Crippen molar-refractivity contribution in [1.29, 1.82) is 0 Å². The van der Waals surface area contributed by atoms with Crippen molar-refractivity contribution in [2.24, 2.45) is 0 Å². The zero-order valence-corrected chi connectivity index (χ0v) is 13.0. The second-order valence-electron chi connectivity index (χ2n) is 4.50. The summed E-state index contributed by atoms with van der Waals surface area (Å²) in [6, 6.07) is 0. The normalized spacial score (nSPS) is 19.5. The van der Waals surface area contributed by atoms with E-state index in [0.717, 1.165) is 31.8 Å². The Balaban J connectivity index is 2.11. The Hall–Kier alpha value is -0.750. The molecule has 0 spiro atoms. The highest BCUT2D eigenvalue weighted by molar-refractivity contribution is 8.00. The number of nitrogens with zero attached hydrogens (tertiary/aromatic N) is 4. The number of halogens is 1. The van der Waals surface area contributed by atoms with Crippen molar-refractivity contribution < 1.29 is 0 Å². The van der Waals surface area contributed by atoms with E-state index < -0.39 is 0 Å². The number of anilines is 2. The molecule has 0 radical (unpaired) electrons. The molecule has 0 aromatic carbocycles. The van der Waals surface area contributed by atoms with E-state index in [9.17, 15) is 0 Å². The molecule has 1 aliphatic heterocycles. The number of rotatable bonds is 5. The van der Waals surface area contributed by atoms with Crippen LogP contribution in [0.5, 0.6) is 0 Å². The molecule has 1 aliphatic rings. The summed E-state index contributed by atoms with van der Waals surface area (Å²) in [5.74, 6) is 2.37. The third-order valence-electron chi connectivity index (χ3n) is 3.01. The molecule has 0 aliphatic carbocycles. The largest absolute Gasteiger partial charge is 0.354 e. The van der Waals surface area contributed by atoms with E-state index in [4.69, 9.17) is 11.6 Å².